The second kappa shape index (κ2) is 5.19. The van der Waals surface area contributed by atoms with Gasteiger partial charge in [-0.1, -0.05) is 0 Å². The summed E-state index contributed by atoms with van der Waals surface area (Å²) in [6, 6.07) is 2.40. The Morgan fingerprint density at radius 3 is 2.59 bits per heavy atom. The third-order valence-corrected chi connectivity index (χ3v) is 1.91. The van der Waals surface area contributed by atoms with Gasteiger partial charge in [-0.25, -0.2) is 4.39 Å². The van der Waals surface area contributed by atoms with Crippen LogP contribution < -0.4 is 4.74 Å². The van der Waals surface area contributed by atoms with Gasteiger partial charge in [0.15, 0.2) is 11.6 Å². The van der Waals surface area contributed by atoms with Crippen molar-refractivity contribution in [1.29, 1.82) is 5.26 Å². The number of halogens is 5. The van der Waals surface area contributed by atoms with Gasteiger partial charge in [-0.3, -0.25) is 4.98 Å². The molecule has 0 aliphatic heterocycles. The average molecular weight is 269 g/mol. The topological polar surface area (TPSA) is 45.9 Å². The lowest BCUT2D eigenvalue weighted by molar-refractivity contribution is -0.275. The minimum Gasteiger partial charge on any atom is -0.403 e. The highest BCUT2D eigenvalue weighted by Crippen LogP contribution is 2.28. The summed E-state index contributed by atoms with van der Waals surface area (Å²) in [6.07, 6.45) is -5.28. The molecule has 0 atom stereocenters. The quantitative estimate of drug-likeness (QED) is 0.625. The number of alkyl halides is 4. The number of ether oxygens (including phenoxy) is 1. The van der Waals surface area contributed by atoms with Gasteiger partial charge in [0.05, 0.1) is 29.8 Å². The van der Waals surface area contributed by atoms with Crippen LogP contribution in [0.5, 0.6) is 5.75 Å². The molecular weight excluding hydrogens is 264 g/mol. The predicted octanol–water partition coefficient (Wildman–Crippen LogP) is 2.92. The fraction of sp³-hybridized carbons (Fsp3) is 0.333. The van der Waals surface area contributed by atoms with Crippen molar-refractivity contribution in [2.24, 2.45) is 0 Å². The van der Waals surface area contributed by atoms with E-state index in [4.69, 9.17) is 16.9 Å². The van der Waals surface area contributed by atoms with Gasteiger partial charge >= 0.3 is 6.36 Å². The molecule has 0 bridgehead atoms. The Morgan fingerprint density at radius 1 is 1.47 bits per heavy atom. The van der Waals surface area contributed by atoms with Gasteiger partial charge in [-0.2, -0.15) is 5.26 Å². The number of hydrogen-bond acceptors (Lipinski definition) is 3. The van der Waals surface area contributed by atoms with E-state index in [1.54, 1.807) is 6.07 Å². The molecule has 17 heavy (non-hydrogen) atoms. The van der Waals surface area contributed by atoms with E-state index in [1.165, 1.54) is 0 Å². The van der Waals surface area contributed by atoms with Crippen LogP contribution in [0.4, 0.5) is 17.6 Å². The molecule has 92 valence electrons. The van der Waals surface area contributed by atoms with Gasteiger partial charge in [0.2, 0.25) is 0 Å². The van der Waals surface area contributed by atoms with E-state index in [9.17, 15) is 17.6 Å². The standard InChI is InChI=1S/C9H5ClF4N2O/c10-4-6-8(11)7(17-9(12,13)14)3-5(16-6)1-2-15/h3H,1,4H2. The van der Waals surface area contributed by atoms with Crippen molar-refractivity contribution in [3.05, 3.63) is 23.3 Å². The van der Waals surface area contributed by atoms with E-state index >= 15 is 0 Å². The second-order valence-electron chi connectivity index (χ2n) is 2.89. The van der Waals surface area contributed by atoms with Crippen molar-refractivity contribution >= 4 is 11.6 Å². The predicted molar refractivity (Wildman–Crippen MR) is 49.8 cm³/mol. The smallest absolute Gasteiger partial charge is 0.403 e. The number of hydrogen-bond donors (Lipinski definition) is 0. The fourth-order valence-corrected chi connectivity index (χ4v) is 1.25. The maximum atomic E-state index is 13.4. The highest BCUT2D eigenvalue weighted by Gasteiger charge is 2.33. The molecule has 0 radical (unpaired) electrons. The average Bonchev–Trinajstić information content (AvgIpc) is 2.21. The normalized spacial score (nSPS) is 11.1. The Labute approximate surface area is 98.6 Å². The van der Waals surface area contributed by atoms with E-state index in [2.05, 4.69) is 9.72 Å². The van der Waals surface area contributed by atoms with Crippen LogP contribution in [0.3, 0.4) is 0 Å². The maximum absolute atomic E-state index is 13.4. The maximum Gasteiger partial charge on any atom is 0.573 e. The largest absolute Gasteiger partial charge is 0.573 e. The number of pyridine rings is 1. The lowest BCUT2D eigenvalue weighted by Crippen LogP contribution is -2.19. The molecule has 0 aliphatic carbocycles. The zero-order valence-corrected chi connectivity index (χ0v) is 8.94. The highest BCUT2D eigenvalue weighted by molar-refractivity contribution is 6.16. The zero-order valence-electron chi connectivity index (χ0n) is 8.18. The summed E-state index contributed by atoms with van der Waals surface area (Å²) in [5, 5.41) is 8.40. The molecule has 3 nitrogen and oxygen atoms in total. The fourth-order valence-electron chi connectivity index (χ4n) is 1.07. The van der Waals surface area contributed by atoms with Gasteiger partial charge < -0.3 is 4.74 Å². The number of nitrogens with zero attached hydrogens (tertiary/aromatic N) is 2. The molecule has 0 N–H and O–H groups in total. The summed E-state index contributed by atoms with van der Waals surface area (Å²) in [6.45, 7) is 0. The molecule has 0 fully saturated rings. The molecule has 0 saturated heterocycles. The molecule has 0 aliphatic rings. The van der Waals surface area contributed by atoms with Gasteiger partial charge in [-0.05, 0) is 0 Å². The molecule has 1 aromatic heterocycles. The Bertz CT molecular complexity index is 456. The second-order valence-corrected chi connectivity index (χ2v) is 3.16. The summed E-state index contributed by atoms with van der Waals surface area (Å²) in [7, 11) is 0. The van der Waals surface area contributed by atoms with Gasteiger partial charge in [-0.15, -0.1) is 24.8 Å². The van der Waals surface area contributed by atoms with Crippen molar-refractivity contribution < 1.29 is 22.3 Å². The third-order valence-electron chi connectivity index (χ3n) is 1.66. The Morgan fingerprint density at radius 2 is 2.12 bits per heavy atom. The van der Waals surface area contributed by atoms with Gasteiger partial charge in [0.1, 0.15) is 0 Å². The Kier molecular flexibility index (Phi) is 4.12. The first-order valence-electron chi connectivity index (χ1n) is 4.24. The third kappa shape index (κ3) is 3.75. The number of aromatic nitrogens is 1. The highest BCUT2D eigenvalue weighted by atomic mass is 35.5. The van der Waals surface area contributed by atoms with Crippen molar-refractivity contribution in [3.8, 4) is 11.8 Å². The van der Waals surface area contributed by atoms with E-state index in [1.807, 2.05) is 0 Å². The molecule has 1 aromatic rings. The minimum atomic E-state index is -5.02. The molecule has 1 heterocycles. The molecule has 0 saturated carbocycles. The molecule has 1 rings (SSSR count). The first kappa shape index (κ1) is 13.5. The van der Waals surface area contributed by atoms with Crippen LogP contribution in [0, 0.1) is 17.1 Å². The first-order valence-corrected chi connectivity index (χ1v) is 4.77. The molecule has 8 heteroatoms. The van der Waals surface area contributed by atoms with Crippen molar-refractivity contribution in [2.75, 3.05) is 0 Å². The SMILES string of the molecule is N#CCc1cc(OC(F)(F)F)c(F)c(CCl)n1. The summed E-state index contributed by atoms with van der Waals surface area (Å²) in [4.78, 5) is 3.59. The molecule has 0 aromatic carbocycles. The van der Waals surface area contributed by atoms with Crippen molar-refractivity contribution in [1.82, 2.24) is 4.98 Å². The minimum absolute atomic E-state index is 0.0381. The summed E-state index contributed by atoms with van der Waals surface area (Å²) in [5.41, 5.74) is -0.428. The number of rotatable bonds is 3. The zero-order chi connectivity index (χ0) is 13.1. The van der Waals surface area contributed by atoms with Crippen LogP contribution in [-0.2, 0) is 12.3 Å². The van der Waals surface area contributed by atoms with E-state index in [-0.39, 0.29) is 12.1 Å². The van der Waals surface area contributed by atoms with Crippen LogP contribution in [0.2, 0.25) is 0 Å². The monoisotopic (exact) mass is 268 g/mol. The molecule has 0 amide bonds. The van der Waals surface area contributed by atoms with E-state index in [0.29, 0.717) is 0 Å². The lowest BCUT2D eigenvalue weighted by atomic mass is 10.2. The summed E-state index contributed by atoms with van der Waals surface area (Å²) >= 11 is 5.33. The van der Waals surface area contributed by atoms with Crippen LogP contribution >= 0.6 is 11.6 Å². The Hall–Kier alpha value is -1.55. The van der Waals surface area contributed by atoms with E-state index < -0.39 is 29.5 Å². The summed E-state index contributed by atoms with van der Waals surface area (Å²) < 4.78 is 52.7. The van der Waals surface area contributed by atoms with Crippen LogP contribution in [-0.4, -0.2) is 11.3 Å². The van der Waals surface area contributed by atoms with Crippen LogP contribution in [0.25, 0.3) is 0 Å². The van der Waals surface area contributed by atoms with Crippen LogP contribution in [0.15, 0.2) is 6.07 Å². The first-order chi connectivity index (χ1) is 7.87. The Balaban J connectivity index is 3.19. The van der Waals surface area contributed by atoms with Gasteiger partial charge in [0.25, 0.3) is 0 Å². The number of nitriles is 1. The van der Waals surface area contributed by atoms with Crippen molar-refractivity contribution in [2.45, 2.75) is 18.7 Å². The van der Waals surface area contributed by atoms with Gasteiger partial charge in [0, 0.05) is 6.07 Å². The molecular formula is C9H5ClF4N2O. The van der Waals surface area contributed by atoms with E-state index in [0.717, 1.165) is 6.07 Å². The lowest BCUT2D eigenvalue weighted by Gasteiger charge is -2.11. The molecule has 0 spiro atoms. The molecule has 0 unspecified atom stereocenters. The van der Waals surface area contributed by atoms with Crippen LogP contribution in [0.1, 0.15) is 11.4 Å². The van der Waals surface area contributed by atoms with Crippen molar-refractivity contribution in [3.63, 3.8) is 0 Å². The summed E-state index contributed by atoms with van der Waals surface area (Å²) in [5.74, 6) is -2.73.